The van der Waals surface area contributed by atoms with Gasteiger partial charge in [0.05, 0.1) is 12.0 Å². The molecule has 1 aromatic heterocycles. The topological polar surface area (TPSA) is 38.0 Å². The molecule has 0 spiro atoms. The number of aryl methyl sites for hydroxylation is 1. The standard InChI is InChI=1S/C11H10F2N2O/c1-15-5-10(14-6-15)11(16)7-2-3-8(12)9(13)4-7/h2-6,11,16H,1H3. The van der Waals surface area contributed by atoms with Crippen molar-refractivity contribution in [2.24, 2.45) is 7.05 Å². The third-order valence-corrected chi connectivity index (χ3v) is 2.26. The zero-order chi connectivity index (χ0) is 11.7. The van der Waals surface area contributed by atoms with Crippen LogP contribution in [0, 0.1) is 11.6 Å². The van der Waals surface area contributed by atoms with Crippen molar-refractivity contribution in [1.82, 2.24) is 9.55 Å². The van der Waals surface area contributed by atoms with E-state index in [2.05, 4.69) is 4.98 Å². The van der Waals surface area contributed by atoms with Crippen LogP contribution >= 0.6 is 0 Å². The van der Waals surface area contributed by atoms with Gasteiger partial charge in [0.1, 0.15) is 6.10 Å². The van der Waals surface area contributed by atoms with Crippen molar-refractivity contribution < 1.29 is 13.9 Å². The minimum atomic E-state index is -1.05. The fraction of sp³-hybridized carbons (Fsp3) is 0.182. The van der Waals surface area contributed by atoms with Crippen molar-refractivity contribution in [1.29, 1.82) is 0 Å². The summed E-state index contributed by atoms with van der Waals surface area (Å²) in [7, 11) is 1.76. The maximum atomic E-state index is 12.9. The number of aliphatic hydroxyl groups excluding tert-OH is 1. The normalized spacial score (nSPS) is 12.8. The van der Waals surface area contributed by atoms with Crippen LogP contribution < -0.4 is 0 Å². The van der Waals surface area contributed by atoms with Gasteiger partial charge in [-0.1, -0.05) is 6.07 Å². The average Bonchev–Trinajstić information content (AvgIpc) is 2.68. The van der Waals surface area contributed by atoms with E-state index in [9.17, 15) is 13.9 Å². The molecule has 5 heteroatoms. The lowest BCUT2D eigenvalue weighted by Gasteiger charge is -2.08. The highest BCUT2D eigenvalue weighted by Crippen LogP contribution is 2.21. The Kier molecular flexibility index (Phi) is 2.70. The molecule has 1 N–H and O–H groups in total. The van der Waals surface area contributed by atoms with Crippen molar-refractivity contribution in [3.05, 3.63) is 53.6 Å². The molecular formula is C11H10F2N2O. The summed E-state index contributed by atoms with van der Waals surface area (Å²) in [5.74, 6) is -1.91. The minimum absolute atomic E-state index is 0.276. The second-order valence-electron chi connectivity index (χ2n) is 3.54. The first-order chi connectivity index (χ1) is 7.58. The first kappa shape index (κ1) is 10.8. The number of rotatable bonds is 2. The third-order valence-electron chi connectivity index (χ3n) is 2.26. The summed E-state index contributed by atoms with van der Waals surface area (Å²) in [6.45, 7) is 0. The molecule has 2 rings (SSSR count). The van der Waals surface area contributed by atoms with E-state index in [4.69, 9.17) is 0 Å². The summed E-state index contributed by atoms with van der Waals surface area (Å²) in [4.78, 5) is 3.94. The highest BCUT2D eigenvalue weighted by atomic mass is 19.2. The molecule has 0 aliphatic carbocycles. The number of nitrogens with zero attached hydrogens (tertiary/aromatic N) is 2. The summed E-state index contributed by atoms with van der Waals surface area (Å²) >= 11 is 0. The first-order valence-electron chi connectivity index (χ1n) is 4.69. The van der Waals surface area contributed by atoms with E-state index in [0.29, 0.717) is 5.69 Å². The maximum absolute atomic E-state index is 12.9. The Morgan fingerprint density at radius 1 is 1.31 bits per heavy atom. The molecule has 2 aromatic rings. The largest absolute Gasteiger partial charge is 0.382 e. The Hall–Kier alpha value is -1.75. The molecule has 1 aromatic carbocycles. The minimum Gasteiger partial charge on any atom is -0.382 e. The van der Waals surface area contributed by atoms with Gasteiger partial charge in [-0.15, -0.1) is 0 Å². The Morgan fingerprint density at radius 2 is 2.06 bits per heavy atom. The van der Waals surface area contributed by atoms with Crippen LogP contribution in [-0.2, 0) is 7.05 Å². The fourth-order valence-electron chi connectivity index (χ4n) is 1.43. The van der Waals surface area contributed by atoms with Gasteiger partial charge in [-0.3, -0.25) is 0 Å². The van der Waals surface area contributed by atoms with E-state index in [0.717, 1.165) is 12.1 Å². The van der Waals surface area contributed by atoms with E-state index < -0.39 is 17.7 Å². The lowest BCUT2D eigenvalue weighted by molar-refractivity contribution is 0.215. The zero-order valence-corrected chi connectivity index (χ0v) is 8.56. The third kappa shape index (κ3) is 1.94. The summed E-state index contributed by atoms with van der Waals surface area (Å²) in [6, 6.07) is 3.28. The smallest absolute Gasteiger partial charge is 0.159 e. The second kappa shape index (κ2) is 4.02. The zero-order valence-electron chi connectivity index (χ0n) is 8.56. The van der Waals surface area contributed by atoms with Crippen molar-refractivity contribution in [2.75, 3.05) is 0 Å². The highest BCUT2D eigenvalue weighted by Gasteiger charge is 2.14. The summed E-state index contributed by atoms with van der Waals surface area (Å²) < 4.78 is 27.3. The van der Waals surface area contributed by atoms with Crippen LogP contribution in [0.2, 0.25) is 0 Å². The van der Waals surface area contributed by atoms with Crippen LogP contribution in [0.25, 0.3) is 0 Å². The van der Waals surface area contributed by atoms with Gasteiger partial charge >= 0.3 is 0 Å². The molecule has 0 saturated carbocycles. The number of aliphatic hydroxyl groups is 1. The molecule has 0 amide bonds. The van der Waals surface area contributed by atoms with Crippen LogP contribution in [0.4, 0.5) is 8.78 Å². The van der Waals surface area contributed by atoms with E-state index >= 15 is 0 Å². The van der Waals surface area contributed by atoms with Crippen LogP contribution in [0.1, 0.15) is 17.4 Å². The van der Waals surface area contributed by atoms with Crippen molar-refractivity contribution >= 4 is 0 Å². The predicted octanol–water partition coefficient (Wildman–Crippen LogP) is 1.78. The number of hydrogen-bond donors (Lipinski definition) is 1. The first-order valence-corrected chi connectivity index (χ1v) is 4.69. The van der Waals surface area contributed by atoms with Crippen molar-refractivity contribution in [3.8, 4) is 0 Å². The molecule has 84 valence electrons. The van der Waals surface area contributed by atoms with Gasteiger partial charge in [0.25, 0.3) is 0 Å². The van der Waals surface area contributed by atoms with Gasteiger partial charge in [-0.2, -0.15) is 0 Å². The molecule has 0 saturated heterocycles. The van der Waals surface area contributed by atoms with Gasteiger partial charge in [-0.25, -0.2) is 13.8 Å². The van der Waals surface area contributed by atoms with Gasteiger partial charge in [0.2, 0.25) is 0 Å². The van der Waals surface area contributed by atoms with Gasteiger partial charge in [0.15, 0.2) is 11.6 Å². The van der Waals surface area contributed by atoms with E-state index in [1.165, 1.54) is 12.4 Å². The molecule has 0 aliphatic rings. The predicted molar refractivity (Wildman–Crippen MR) is 53.6 cm³/mol. The Bertz CT molecular complexity index is 510. The van der Waals surface area contributed by atoms with Crippen LogP contribution in [-0.4, -0.2) is 14.7 Å². The fourth-order valence-corrected chi connectivity index (χ4v) is 1.43. The Balaban J connectivity index is 2.33. The number of benzene rings is 1. The number of imidazole rings is 1. The van der Waals surface area contributed by atoms with E-state index in [1.807, 2.05) is 0 Å². The van der Waals surface area contributed by atoms with Crippen molar-refractivity contribution in [2.45, 2.75) is 6.10 Å². The van der Waals surface area contributed by atoms with Crippen LogP contribution in [0.3, 0.4) is 0 Å². The number of hydrogen-bond acceptors (Lipinski definition) is 2. The van der Waals surface area contributed by atoms with Gasteiger partial charge in [0, 0.05) is 13.2 Å². The lowest BCUT2D eigenvalue weighted by atomic mass is 10.1. The SMILES string of the molecule is Cn1cnc(C(O)c2ccc(F)c(F)c2)c1. The summed E-state index contributed by atoms with van der Waals surface area (Å²) in [5.41, 5.74) is 0.672. The molecular weight excluding hydrogens is 214 g/mol. The molecule has 0 radical (unpaired) electrons. The van der Waals surface area contributed by atoms with Crippen LogP contribution in [0.15, 0.2) is 30.7 Å². The highest BCUT2D eigenvalue weighted by molar-refractivity contribution is 5.25. The number of aromatic nitrogens is 2. The van der Waals surface area contributed by atoms with Gasteiger partial charge in [-0.05, 0) is 17.7 Å². The summed E-state index contributed by atoms with van der Waals surface area (Å²) in [5, 5.41) is 9.86. The van der Waals surface area contributed by atoms with E-state index in [-0.39, 0.29) is 5.56 Å². The molecule has 16 heavy (non-hydrogen) atoms. The molecule has 3 nitrogen and oxygen atoms in total. The van der Waals surface area contributed by atoms with Crippen molar-refractivity contribution in [3.63, 3.8) is 0 Å². The molecule has 0 fully saturated rings. The maximum Gasteiger partial charge on any atom is 0.159 e. The molecule has 0 aliphatic heterocycles. The Morgan fingerprint density at radius 3 is 2.62 bits per heavy atom. The number of halogens is 2. The molecule has 1 atom stereocenters. The summed E-state index contributed by atoms with van der Waals surface area (Å²) in [6.07, 6.45) is 2.10. The van der Waals surface area contributed by atoms with Gasteiger partial charge < -0.3 is 9.67 Å². The Labute approximate surface area is 91.0 Å². The molecule has 1 unspecified atom stereocenters. The van der Waals surface area contributed by atoms with Crippen LogP contribution in [0.5, 0.6) is 0 Å². The average molecular weight is 224 g/mol. The second-order valence-corrected chi connectivity index (χ2v) is 3.54. The molecule has 0 bridgehead atoms. The monoisotopic (exact) mass is 224 g/mol. The quantitative estimate of drug-likeness (QED) is 0.844. The lowest BCUT2D eigenvalue weighted by Crippen LogP contribution is -2.01. The van der Waals surface area contributed by atoms with E-state index in [1.54, 1.807) is 17.8 Å². The molecule has 1 heterocycles.